The number of benzene rings is 2. The van der Waals surface area contributed by atoms with Crippen molar-refractivity contribution in [3.63, 3.8) is 0 Å². The summed E-state index contributed by atoms with van der Waals surface area (Å²) in [6, 6.07) is 21.1. The molecular formula is C17H13N3OS2. The molecule has 1 N–H and O–H groups in total. The van der Waals surface area contributed by atoms with E-state index in [0.717, 1.165) is 22.5 Å². The lowest BCUT2D eigenvalue weighted by molar-refractivity contribution is 0.480. The number of nitrogens with zero attached hydrogens (tertiary/aromatic N) is 2. The molecule has 0 amide bonds. The van der Waals surface area contributed by atoms with Crippen molar-refractivity contribution in [2.75, 3.05) is 0 Å². The van der Waals surface area contributed by atoms with Crippen LogP contribution >= 0.6 is 23.9 Å². The number of pyridine rings is 1. The Bertz CT molecular complexity index is 884. The summed E-state index contributed by atoms with van der Waals surface area (Å²) in [5, 5.41) is 0. The summed E-state index contributed by atoms with van der Waals surface area (Å²) in [5.74, 6) is 1.57. The van der Waals surface area contributed by atoms with Crippen LogP contribution in [-0.2, 0) is 0 Å². The maximum atomic E-state index is 5.56. The average molecular weight is 339 g/mol. The van der Waals surface area contributed by atoms with Crippen molar-refractivity contribution in [1.29, 1.82) is 0 Å². The Morgan fingerprint density at radius 3 is 2.04 bits per heavy atom. The number of H-pyrrole nitrogens is 1. The van der Waals surface area contributed by atoms with Gasteiger partial charge in [-0.25, -0.2) is 0 Å². The maximum absolute atomic E-state index is 5.56. The standard InChI is InChI=1S/C11H9NOS.C6H4N2S/c14-11-7-6-10(8-12-11)13-9-4-2-1-3-5-9;1-2-4-6-5(3-1)7-9-8-6/h1-8H,(H,12,14);1-4H. The molecule has 23 heavy (non-hydrogen) atoms. The number of hydrogen-bond donors (Lipinski definition) is 1. The summed E-state index contributed by atoms with van der Waals surface area (Å²) in [5.41, 5.74) is 1.98. The summed E-state index contributed by atoms with van der Waals surface area (Å²) in [7, 11) is 0. The van der Waals surface area contributed by atoms with Crippen LogP contribution in [0, 0.1) is 4.64 Å². The molecular weight excluding hydrogens is 326 g/mol. The molecule has 0 aliphatic rings. The molecule has 0 radical (unpaired) electrons. The monoisotopic (exact) mass is 339 g/mol. The zero-order chi connectivity index (χ0) is 15.9. The molecule has 0 aliphatic carbocycles. The first-order chi connectivity index (χ1) is 11.3. The summed E-state index contributed by atoms with van der Waals surface area (Å²) in [6.07, 6.45) is 1.75. The van der Waals surface area contributed by atoms with Gasteiger partial charge in [0, 0.05) is 6.20 Å². The molecule has 0 fully saturated rings. The molecule has 114 valence electrons. The quantitative estimate of drug-likeness (QED) is 0.508. The van der Waals surface area contributed by atoms with E-state index in [2.05, 4.69) is 13.7 Å². The fourth-order valence-corrected chi connectivity index (χ4v) is 2.46. The highest BCUT2D eigenvalue weighted by atomic mass is 32.1. The number of hydrogen-bond acceptors (Lipinski definition) is 5. The highest BCUT2D eigenvalue weighted by molar-refractivity contribution is 7.71. The van der Waals surface area contributed by atoms with E-state index in [1.807, 2.05) is 60.7 Å². The summed E-state index contributed by atoms with van der Waals surface area (Å²) in [4.78, 5) is 2.91. The van der Waals surface area contributed by atoms with Gasteiger partial charge in [0.2, 0.25) is 0 Å². The highest BCUT2D eigenvalue weighted by Gasteiger charge is 1.94. The van der Waals surface area contributed by atoms with Crippen LogP contribution in [-0.4, -0.2) is 13.7 Å². The molecule has 6 heteroatoms. The Morgan fingerprint density at radius 1 is 0.783 bits per heavy atom. The minimum Gasteiger partial charge on any atom is -0.456 e. The van der Waals surface area contributed by atoms with Gasteiger partial charge in [0.05, 0.1) is 11.7 Å². The van der Waals surface area contributed by atoms with Gasteiger partial charge in [-0.2, -0.15) is 8.75 Å². The zero-order valence-corrected chi connectivity index (χ0v) is 13.7. The number of nitrogens with one attached hydrogen (secondary N) is 1. The van der Waals surface area contributed by atoms with Crippen LogP contribution in [0.25, 0.3) is 11.0 Å². The van der Waals surface area contributed by atoms with Crippen LogP contribution in [0.3, 0.4) is 0 Å². The number of fused-ring (bicyclic) bond motifs is 1. The fraction of sp³-hybridized carbons (Fsp3) is 0. The topological polar surface area (TPSA) is 50.8 Å². The molecule has 4 aromatic rings. The van der Waals surface area contributed by atoms with E-state index in [4.69, 9.17) is 17.0 Å². The fourth-order valence-electron chi connectivity index (χ4n) is 1.81. The highest BCUT2D eigenvalue weighted by Crippen LogP contribution is 2.18. The number of rotatable bonds is 2. The lowest BCUT2D eigenvalue weighted by atomic mass is 10.3. The molecule has 0 unspecified atom stereocenters. The van der Waals surface area contributed by atoms with Crippen molar-refractivity contribution in [2.45, 2.75) is 0 Å². The van der Waals surface area contributed by atoms with E-state index in [1.165, 1.54) is 11.7 Å². The second-order valence-corrected chi connectivity index (χ2v) is 5.52. The number of ether oxygens (including phenoxy) is 1. The van der Waals surface area contributed by atoms with Gasteiger partial charge in [-0.1, -0.05) is 42.5 Å². The van der Waals surface area contributed by atoms with Crippen molar-refractivity contribution in [3.05, 3.63) is 77.6 Å². The predicted octanol–water partition coefficient (Wildman–Crippen LogP) is 5.23. The molecule has 0 saturated heterocycles. The van der Waals surface area contributed by atoms with Crippen molar-refractivity contribution < 1.29 is 4.74 Å². The smallest absolute Gasteiger partial charge is 0.143 e. The Kier molecular flexibility index (Phi) is 5.08. The Morgan fingerprint density at radius 2 is 1.43 bits per heavy atom. The van der Waals surface area contributed by atoms with Crippen LogP contribution in [0.1, 0.15) is 0 Å². The summed E-state index contributed by atoms with van der Waals surface area (Å²) < 4.78 is 14.4. The number of aromatic nitrogens is 3. The average Bonchev–Trinajstić information content (AvgIpc) is 3.07. The largest absolute Gasteiger partial charge is 0.456 e. The third-order valence-electron chi connectivity index (χ3n) is 2.89. The predicted molar refractivity (Wildman–Crippen MR) is 95.6 cm³/mol. The molecule has 0 saturated carbocycles. The molecule has 4 rings (SSSR count). The van der Waals surface area contributed by atoms with E-state index in [0.29, 0.717) is 4.64 Å². The van der Waals surface area contributed by atoms with E-state index in [1.54, 1.807) is 12.3 Å². The third-order valence-corrected chi connectivity index (χ3v) is 3.71. The first kappa shape index (κ1) is 15.3. The van der Waals surface area contributed by atoms with E-state index >= 15 is 0 Å². The van der Waals surface area contributed by atoms with E-state index in [9.17, 15) is 0 Å². The van der Waals surface area contributed by atoms with Crippen molar-refractivity contribution in [1.82, 2.24) is 13.7 Å². The molecule has 4 nitrogen and oxygen atoms in total. The lowest BCUT2D eigenvalue weighted by Crippen LogP contribution is -1.84. The van der Waals surface area contributed by atoms with Gasteiger partial charge in [-0.05, 0) is 36.4 Å². The first-order valence-corrected chi connectivity index (χ1v) is 8.04. The van der Waals surface area contributed by atoms with Crippen LogP contribution in [0.15, 0.2) is 72.9 Å². The molecule has 0 spiro atoms. The van der Waals surface area contributed by atoms with Crippen LogP contribution in [0.4, 0.5) is 0 Å². The second kappa shape index (κ2) is 7.62. The SMILES string of the molecule is S=c1ccc(Oc2ccccc2)c[nH]1.c1ccc2nsnc2c1. The van der Waals surface area contributed by atoms with E-state index < -0.39 is 0 Å². The summed E-state index contributed by atoms with van der Waals surface area (Å²) in [6.45, 7) is 0. The second-order valence-electron chi connectivity index (χ2n) is 4.56. The first-order valence-electron chi connectivity index (χ1n) is 6.90. The molecule has 0 aliphatic heterocycles. The van der Waals surface area contributed by atoms with Gasteiger partial charge in [0.1, 0.15) is 27.2 Å². The molecule has 2 aromatic heterocycles. The Balaban J connectivity index is 0.000000149. The number of aromatic amines is 1. The van der Waals surface area contributed by atoms with Crippen LogP contribution < -0.4 is 4.74 Å². The summed E-state index contributed by atoms with van der Waals surface area (Å²) >= 11 is 6.18. The van der Waals surface area contributed by atoms with Gasteiger partial charge in [0.15, 0.2) is 0 Å². The molecule has 0 bridgehead atoms. The Hall–Kier alpha value is -2.57. The van der Waals surface area contributed by atoms with Crippen LogP contribution in [0.2, 0.25) is 0 Å². The van der Waals surface area contributed by atoms with Crippen LogP contribution in [0.5, 0.6) is 11.5 Å². The maximum Gasteiger partial charge on any atom is 0.143 e. The normalized spacial score (nSPS) is 9.91. The minimum absolute atomic E-state index is 0.699. The zero-order valence-electron chi connectivity index (χ0n) is 12.0. The lowest BCUT2D eigenvalue weighted by Gasteiger charge is -2.03. The molecule has 0 atom stereocenters. The molecule has 2 heterocycles. The van der Waals surface area contributed by atoms with Crippen molar-refractivity contribution in [2.24, 2.45) is 0 Å². The van der Waals surface area contributed by atoms with Gasteiger partial charge < -0.3 is 9.72 Å². The minimum atomic E-state index is 0.699. The van der Waals surface area contributed by atoms with Crippen molar-refractivity contribution >= 4 is 35.0 Å². The van der Waals surface area contributed by atoms with E-state index in [-0.39, 0.29) is 0 Å². The third kappa shape index (κ3) is 4.45. The van der Waals surface area contributed by atoms with Gasteiger partial charge in [-0.3, -0.25) is 0 Å². The van der Waals surface area contributed by atoms with Gasteiger partial charge in [-0.15, -0.1) is 0 Å². The van der Waals surface area contributed by atoms with Gasteiger partial charge >= 0.3 is 0 Å². The Labute approximate surface area is 142 Å². The van der Waals surface area contributed by atoms with Crippen molar-refractivity contribution in [3.8, 4) is 11.5 Å². The van der Waals surface area contributed by atoms with Gasteiger partial charge in [0.25, 0.3) is 0 Å². The molecule has 2 aromatic carbocycles. The number of para-hydroxylation sites is 1.